The van der Waals surface area contributed by atoms with Gasteiger partial charge in [-0.3, -0.25) is 0 Å². The van der Waals surface area contributed by atoms with E-state index >= 15 is 0 Å². The zero-order valence-corrected chi connectivity index (χ0v) is 20.9. The predicted octanol–water partition coefficient (Wildman–Crippen LogP) is -0.512. The summed E-state index contributed by atoms with van der Waals surface area (Å²) in [5, 5.41) is 0. The van der Waals surface area contributed by atoms with Crippen molar-refractivity contribution >= 4 is 0 Å². The minimum absolute atomic E-state index is 0. The predicted molar refractivity (Wildman–Crippen MR) is 109 cm³/mol. The van der Waals surface area contributed by atoms with Crippen LogP contribution in [0.5, 0.6) is 0 Å². The smallest absolute Gasteiger partial charge is 0.171 e. The molecule has 0 saturated carbocycles. The fraction of sp³-hybridized carbons (Fsp3) is 0.583. The monoisotopic (exact) mass is 512 g/mol. The Hall–Kier alpha value is -0.740. The Bertz CT molecular complexity index is 576. The van der Waals surface area contributed by atoms with E-state index in [-0.39, 0.29) is 34.0 Å². The Morgan fingerprint density at radius 2 is 0.857 bits per heavy atom. The van der Waals surface area contributed by atoms with Crippen LogP contribution >= 0.6 is 0 Å². The number of hydrogen-bond acceptors (Lipinski definition) is 0. The van der Waals surface area contributed by atoms with E-state index in [0.29, 0.717) is 0 Å². The van der Waals surface area contributed by atoms with E-state index < -0.39 is 0 Å². The fourth-order valence-electron chi connectivity index (χ4n) is 3.59. The van der Waals surface area contributed by atoms with Crippen molar-refractivity contribution in [3.8, 4) is 0 Å². The molecule has 0 spiro atoms. The van der Waals surface area contributed by atoms with Crippen molar-refractivity contribution in [1.29, 1.82) is 0 Å². The molecule has 4 heteroatoms. The van der Waals surface area contributed by atoms with E-state index in [1.165, 1.54) is 88.4 Å². The van der Waals surface area contributed by atoms with Gasteiger partial charge in [0.2, 0.25) is 0 Å². The number of aryl methyl sites for hydroxylation is 4. The van der Waals surface area contributed by atoms with E-state index in [1.54, 1.807) is 0 Å². The zero-order valence-electron chi connectivity index (χ0n) is 17.8. The van der Waals surface area contributed by atoms with Gasteiger partial charge >= 0.3 is 0 Å². The third-order valence-corrected chi connectivity index (χ3v) is 5.09. The number of pyridine rings is 2. The average molecular weight is 514 g/mol. The highest BCUT2D eigenvalue weighted by Crippen LogP contribution is 2.10. The molecule has 0 N–H and O–H groups in total. The summed E-state index contributed by atoms with van der Waals surface area (Å²) in [7, 11) is 0. The summed E-state index contributed by atoms with van der Waals surface area (Å²) in [6.07, 6.45) is 22.7. The molecule has 28 heavy (non-hydrogen) atoms. The molecule has 0 saturated heterocycles. The minimum atomic E-state index is 0. The Kier molecular flexibility index (Phi) is 16.7. The summed E-state index contributed by atoms with van der Waals surface area (Å²) in [5.41, 5.74) is 2.70. The Balaban J connectivity index is 0.00000364. The topological polar surface area (TPSA) is 7.76 Å². The molecule has 0 radical (unpaired) electrons. The van der Waals surface area contributed by atoms with E-state index in [2.05, 4.69) is 72.0 Å². The van der Waals surface area contributed by atoms with E-state index in [0.717, 1.165) is 0 Å². The van der Waals surface area contributed by atoms with Crippen LogP contribution in [0.1, 0.15) is 75.3 Å². The highest BCUT2D eigenvalue weighted by Gasteiger charge is 2.01. The molecular formula is C24H38Br2N2. The van der Waals surface area contributed by atoms with Crippen LogP contribution in [-0.2, 0) is 13.1 Å². The lowest BCUT2D eigenvalue weighted by Gasteiger charge is -2.02. The summed E-state index contributed by atoms with van der Waals surface area (Å²) in [4.78, 5) is 0. The molecule has 2 rings (SSSR count). The van der Waals surface area contributed by atoms with E-state index in [9.17, 15) is 0 Å². The molecule has 0 aliphatic rings. The minimum Gasteiger partial charge on any atom is -1.00 e. The number of hydrogen-bond donors (Lipinski definition) is 0. The quantitative estimate of drug-likeness (QED) is 0.252. The summed E-state index contributed by atoms with van der Waals surface area (Å²) < 4.78 is 4.65. The van der Waals surface area contributed by atoms with Crippen LogP contribution in [-0.4, -0.2) is 0 Å². The number of unbranched alkanes of at least 4 members (excludes halogenated alkanes) is 9. The molecule has 2 nitrogen and oxygen atoms in total. The summed E-state index contributed by atoms with van der Waals surface area (Å²) in [6.45, 7) is 6.66. The Morgan fingerprint density at radius 3 is 1.18 bits per heavy atom. The highest BCUT2D eigenvalue weighted by atomic mass is 79.9. The maximum absolute atomic E-state index is 2.32. The normalized spacial score (nSPS) is 10.2. The van der Waals surface area contributed by atoms with Crippen molar-refractivity contribution in [2.45, 2.75) is 91.1 Å². The lowest BCUT2D eigenvalue weighted by molar-refractivity contribution is -0.697. The van der Waals surface area contributed by atoms with Gasteiger partial charge in [-0.2, -0.15) is 0 Å². The van der Waals surface area contributed by atoms with Gasteiger partial charge in [0.05, 0.1) is 0 Å². The van der Waals surface area contributed by atoms with Crippen LogP contribution in [0.4, 0.5) is 0 Å². The molecule has 0 atom stereocenters. The maximum Gasteiger partial charge on any atom is 0.171 e. The summed E-state index contributed by atoms with van der Waals surface area (Å²) >= 11 is 0. The number of halogens is 2. The first-order valence-corrected chi connectivity index (χ1v) is 10.7. The SMILES string of the molecule is Cc1ccc[n+](CCCCCCCCCCCC[n+]2cccc(C)c2)c1.[Br-].[Br-]. The molecule has 0 aliphatic carbocycles. The summed E-state index contributed by atoms with van der Waals surface area (Å²) in [6, 6.07) is 8.62. The van der Waals surface area contributed by atoms with Crippen molar-refractivity contribution < 1.29 is 43.1 Å². The van der Waals surface area contributed by atoms with Gasteiger partial charge in [-0.25, -0.2) is 9.13 Å². The fourth-order valence-corrected chi connectivity index (χ4v) is 3.59. The first kappa shape index (κ1) is 27.3. The molecule has 0 aromatic carbocycles. The highest BCUT2D eigenvalue weighted by molar-refractivity contribution is 5.01. The standard InChI is InChI=1S/C24H38N2.2BrH/c1-23-15-13-19-25(21-23)17-11-9-7-5-3-4-6-8-10-12-18-26-20-14-16-24(2)22-26;;/h13-16,19-22H,3-12,17-18H2,1-2H3;2*1H/q+2;;/p-2. The second-order valence-corrected chi connectivity index (χ2v) is 7.77. The van der Waals surface area contributed by atoms with Crippen LogP contribution in [0, 0.1) is 13.8 Å². The molecule has 0 amide bonds. The van der Waals surface area contributed by atoms with Gasteiger partial charge in [-0.15, -0.1) is 0 Å². The van der Waals surface area contributed by atoms with Crippen molar-refractivity contribution in [1.82, 2.24) is 0 Å². The number of rotatable bonds is 13. The van der Waals surface area contributed by atoms with Gasteiger partial charge in [-0.1, -0.05) is 38.5 Å². The van der Waals surface area contributed by atoms with Crippen LogP contribution in [0.3, 0.4) is 0 Å². The lowest BCUT2D eigenvalue weighted by atomic mass is 10.1. The van der Waals surface area contributed by atoms with Gasteiger partial charge in [-0.05, 0) is 38.8 Å². The van der Waals surface area contributed by atoms with Crippen LogP contribution in [0.25, 0.3) is 0 Å². The number of aromatic nitrogens is 2. The molecule has 2 aromatic rings. The van der Waals surface area contributed by atoms with Gasteiger partial charge in [0, 0.05) is 36.1 Å². The Morgan fingerprint density at radius 1 is 0.536 bits per heavy atom. The van der Waals surface area contributed by atoms with Gasteiger partial charge < -0.3 is 34.0 Å². The first-order chi connectivity index (χ1) is 12.7. The second-order valence-electron chi connectivity index (χ2n) is 7.77. The van der Waals surface area contributed by atoms with Crippen LogP contribution < -0.4 is 43.1 Å². The average Bonchev–Trinajstić information content (AvgIpc) is 2.63. The lowest BCUT2D eigenvalue weighted by Crippen LogP contribution is -3.00. The molecule has 0 unspecified atom stereocenters. The van der Waals surface area contributed by atoms with Crippen molar-refractivity contribution in [3.05, 3.63) is 60.2 Å². The summed E-state index contributed by atoms with van der Waals surface area (Å²) in [5.74, 6) is 0. The largest absolute Gasteiger partial charge is 1.00 e. The maximum atomic E-state index is 2.32. The third kappa shape index (κ3) is 12.7. The van der Waals surface area contributed by atoms with Crippen molar-refractivity contribution in [2.75, 3.05) is 0 Å². The molecule has 2 heterocycles. The molecule has 158 valence electrons. The van der Waals surface area contributed by atoms with Gasteiger partial charge in [0.1, 0.15) is 13.1 Å². The van der Waals surface area contributed by atoms with Crippen LogP contribution in [0.2, 0.25) is 0 Å². The van der Waals surface area contributed by atoms with Crippen LogP contribution in [0.15, 0.2) is 49.1 Å². The molecular weight excluding hydrogens is 476 g/mol. The van der Waals surface area contributed by atoms with Crippen molar-refractivity contribution in [3.63, 3.8) is 0 Å². The Labute approximate surface area is 193 Å². The zero-order chi connectivity index (χ0) is 18.5. The molecule has 0 bridgehead atoms. The molecule has 0 aliphatic heterocycles. The third-order valence-electron chi connectivity index (χ3n) is 5.09. The van der Waals surface area contributed by atoms with Crippen molar-refractivity contribution in [2.24, 2.45) is 0 Å². The molecule has 2 aromatic heterocycles. The van der Waals surface area contributed by atoms with Gasteiger partial charge in [0.15, 0.2) is 24.8 Å². The second kappa shape index (κ2) is 17.1. The number of nitrogens with zero attached hydrogens (tertiary/aromatic N) is 2. The van der Waals surface area contributed by atoms with E-state index in [1.807, 2.05) is 0 Å². The van der Waals surface area contributed by atoms with E-state index in [4.69, 9.17) is 0 Å². The first-order valence-electron chi connectivity index (χ1n) is 10.7. The molecule has 0 fully saturated rings. The van der Waals surface area contributed by atoms with Gasteiger partial charge in [0.25, 0.3) is 0 Å².